The maximum Gasteiger partial charge on any atom is 0.191 e. The van der Waals surface area contributed by atoms with Crippen molar-refractivity contribution in [3.8, 4) is 5.75 Å². The Kier molecular flexibility index (Phi) is 9.58. The van der Waals surface area contributed by atoms with Gasteiger partial charge in [0.2, 0.25) is 0 Å². The highest BCUT2D eigenvalue weighted by Gasteiger charge is 2.37. The van der Waals surface area contributed by atoms with E-state index in [0.29, 0.717) is 6.54 Å². The van der Waals surface area contributed by atoms with Gasteiger partial charge in [-0.1, -0.05) is 17.7 Å². The normalized spacial score (nSPS) is 16.6. The van der Waals surface area contributed by atoms with Crippen LogP contribution in [0.3, 0.4) is 0 Å². The monoisotopic (exact) mass is 391 g/mol. The molecule has 0 saturated carbocycles. The second-order valence-electron chi connectivity index (χ2n) is 7.27. The van der Waals surface area contributed by atoms with Gasteiger partial charge in [0.05, 0.1) is 13.7 Å². The minimum absolute atomic E-state index is 0.0662. The van der Waals surface area contributed by atoms with Crippen LogP contribution < -0.4 is 15.4 Å². The van der Waals surface area contributed by atoms with Gasteiger partial charge in [-0.3, -0.25) is 4.99 Å². The molecule has 1 heterocycles. The van der Waals surface area contributed by atoms with Gasteiger partial charge in [0.1, 0.15) is 5.75 Å². The van der Waals surface area contributed by atoms with Crippen LogP contribution in [-0.2, 0) is 14.9 Å². The lowest BCUT2D eigenvalue weighted by Crippen LogP contribution is -2.41. The first kappa shape index (κ1) is 22.5. The van der Waals surface area contributed by atoms with Crippen molar-refractivity contribution < 1.29 is 14.2 Å². The molecular formula is C22H37N3O3. The second-order valence-corrected chi connectivity index (χ2v) is 7.27. The first-order valence-corrected chi connectivity index (χ1v) is 10.5. The fourth-order valence-corrected chi connectivity index (χ4v) is 3.61. The highest BCUT2D eigenvalue weighted by Crippen LogP contribution is 2.40. The quantitative estimate of drug-likeness (QED) is 0.365. The van der Waals surface area contributed by atoms with Gasteiger partial charge >= 0.3 is 0 Å². The summed E-state index contributed by atoms with van der Waals surface area (Å²) in [7, 11) is 1.74. The molecule has 1 aromatic rings. The zero-order valence-electron chi connectivity index (χ0n) is 18.0. The Balaban J connectivity index is 2.17. The number of methoxy groups -OCH3 is 1. The Bertz CT molecular complexity index is 613. The second kappa shape index (κ2) is 11.9. The van der Waals surface area contributed by atoms with Crippen molar-refractivity contribution in [3.05, 3.63) is 29.3 Å². The molecule has 1 fully saturated rings. The molecule has 1 aliphatic rings. The number of guanidine groups is 1. The van der Waals surface area contributed by atoms with Crippen molar-refractivity contribution in [1.82, 2.24) is 10.6 Å². The van der Waals surface area contributed by atoms with Gasteiger partial charge in [-0.2, -0.15) is 0 Å². The number of aliphatic imine (C=N–C) groups is 1. The standard InChI is InChI=1S/C22H37N3O3/c1-5-23-21(24-12-7-13-27-6-2)25-17-22(10-14-28-15-11-22)19-16-18(3)8-9-20(19)26-4/h8-9,16H,5-7,10-15,17H2,1-4H3,(H2,23,24,25). The van der Waals surface area contributed by atoms with Gasteiger partial charge in [0, 0.05) is 50.5 Å². The first-order chi connectivity index (χ1) is 13.6. The van der Waals surface area contributed by atoms with Crippen LogP contribution in [0.25, 0.3) is 0 Å². The molecule has 0 aromatic heterocycles. The molecule has 1 aromatic carbocycles. The van der Waals surface area contributed by atoms with E-state index < -0.39 is 0 Å². The third-order valence-corrected chi connectivity index (χ3v) is 5.22. The molecule has 0 aliphatic carbocycles. The lowest BCUT2D eigenvalue weighted by molar-refractivity contribution is 0.0522. The Hall–Kier alpha value is -1.79. The topological polar surface area (TPSA) is 64.1 Å². The molecule has 0 bridgehead atoms. The van der Waals surface area contributed by atoms with Crippen LogP contribution in [0.15, 0.2) is 23.2 Å². The highest BCUT2D eigenvalue weighted by atomic mass is 16.5. The summed E-state index contributed by atoms with van der Waals surface area (Å²) < 4.78 is 16.8. The number of nitrogens with zero attached hydrogens (tertiary/aromatic N) is 1. The van der Waals surface area contributed by atoms with Crippen LogP contribution >= 0.6 is 0 Å². The van der Waals surface area contributed by atoms with E-state index in [1.165, 1.54) is 11.1 Å². The molecule has 0 unspecified atom stereocenters. The fraction of sp³-hybridized carbons (Fsp3) is 0.682. The van der Waals surface area contributed by atoms with Gasteiger partial charge in [-0.25, -0.2) is 0 Å². The van der Waals surface area contributed by atoms with E-state index in [-0.39, 0.29) is 5.41 Å². The number of rotatable bonds is 10. The Labute approximate surface area is 170 Å². The molecule has 158 valence electrons. The van der Waals surface area contributed by atoms with Crippen LogP contribution in [0, 0.1) is 6.92 Å². The lowest BCUT2D eigenvalue weighted by Gasteiger charge is -2.37. The third-order valence-electron chi connectivity index (χ3n) is 5.22. The zero-order valence-corrected chi connectivity index (χ0v) is 18.0. The third kappa shape index (κ3) is 6.38. The van der Waals surface area contributed by atoms with Crippen molar-refractivity contribution in [2.45, 2.75) is 45.4 Å². The van der Waals surface area contributed by atoms with E-state index in [1.54, 1.807) is 7.11 Å². The minimum Gasteiger partial charge on any atom is -0.496 e. The van der Waals surface area contributed by atoms with Gasteiger partial charge in [-0.15, -0.1) is 0 Å². The Morgan fingerprint density at radius 2 is 2.00 bits per heavy atom. The summed E-state index contributed by atoms with van der Waals surface area (Å²) in [6.45, 7) is 11.7. The maximum atomic E-state index is 5.70. The van der Waals surface area contributed by atoms with Gasteiger partial charge in [0.15, 0.2) is 5.96 Å². The SMILES string of the molecule is CCNC(=NCC1(c2cc(C)ccc2OC)CCOCC1)NCCCOCC. The Morgan fingerprint density at radius 1 is 1.21 bits per heavy atom. The van der Waals surface area contributed by atoms with Gasteiger partial charge in [0.25, 0.3) is 0 Å². The summed E-state index contributed by atoms with van der Waals surface area (Å²) in [6.07, 6.45) is 2.85. The average Bonchev–Trinajstić information content (AvgIpc) is 2.72. The molecule has 2 N–H and O–H groups in total. The molecular weight excluding hydrogens is 354 g/mol. The number of hydrogen-bond acceptors (Lipinski definition) is 4. The summed E-state index contributed by atoms with van der Waals surface area (Å²) in [4.78, 5) is 4.95. The minimum atomic E-state index is -0.0662. The number of nitrogens with one attached hydrogen (secondary N) is 2. The van der Waals surface area contributed by atoms with E-state index in [9.17, 15) is 0 Å². The predicted octanol–water partition coefficient (Wildman–Crippen LogP) is 3.03. The fourth-order valence-electron chi connectivity index (χ4n) is 3.61. The molecule has 0 radical (unpaired) electrons. The largest absolute Gasteiger partial charge is 0.496 e. The van der Waals surface area contributed by atoms with E-state index >= 15 is 0 Å². The first-order valence-electron chi connectivity index (χ1n) is 10.5. The van der Waals surface area contributed by atoms with Crippen molar-refractivity contribution in [3.63, 3.8) is 0 Å². The molecule has 0 amide bonds. The lowest BCUT2D eigenvalue weighted by atomic mass is 9.73. The Morgan fingerprint density at radius 3 is 2.68 bits per heavy atom. The van der Waals surface area contributed by atoms with E-state index in [2.05, 4.69) is 42.7 Å². The molecule has 6 heteroatoms. The van der Waals surface area contributed by atoms with Gasteiger partial charge in [-0.05, 0) is 46.1 Å². The zero-order chi connectivity index (χ0) is 20.2. The van der Waals surface area contributed by atoms with Crippen LogP contribution in [0.1, 0.15) is 44.2 Å². The van der Waals surface area contributed by atoms with Crippen molar-refractivity contribution >= 4 is 5.96 Å². The maximum absolute atomic E-state index is 5.70. The van der Waals surface area contributed by atoms with Crippen LogP contribution in [0.2, 0.25) is 0 Å². The van der Waals surface area contributed by atoms with Crippen LogP contribution in [0.4, 0.5) is 0 Å². The molecule has 6 nitrogen and oxygen atoms in total. The molecule has 0 atom stereocenters. The molecule has 28 heavy (non-hydrogen) atoms. The summed E-state index contributed by atoms with van der Waals surface area (Å²) in [5.74, 6) is 1.80. The number of ether oxygens (including phenoxy) is 3. The molecule has 1 aliphatic heterocycles. The van der Waals surface area contributed by atoms with E-state index in [1.807, 2.05) is 6.92 Å². The van der Waals surface area contributed by atoms with Crippen molar-refractivity contribution in [2.75, 3.05) is 53.2 Å². The summed E-state index contributed by atoms with van der Waals surface area (Å²) in [5, 5.41) is 6.78. The number of benzene rings is 1. The van der Waals surface area contributed by atoms with Crippen molar-refractivity contribution in [2.24, 2.45) is 4.99 Å². The summed E-state index contributed by atoms with van der Waals surface area (Å²) >= 11 is 0. The number of aryl methyl sites for hydroxylation is 1. The molecule has 1 saturated heterocycles. The van der Waals surface area contributed by atoms with Crippen molar-refractivity contribution in [1.29, 1.82) is 0 Å². The van der Waals surface area contributed by atoms with Crippen LogP contribution in [0.5, 0.6) is 5.75 Å². The summed E-state index contributed by atoms with van der Waals surface area (Å²) in [6, 6.07) is 6.42. The van der Waals surface area contributed by atoms with Gasteiger partial charge < -0.3 is 24.8 Å². The van der Waals surface area contributed by atoms with E-state index in [4.69, 9.17) is 19.2 Å². The number of hydrogen-bond donors (Lipinski definition) is 2. The van der Waals surface area contributed by atoms with Crippen LogP contribution in [-0.4, -0.2) is 59.1 Å². The predicted molar refractivity (Wildman–Crippen MR) is 115 cm³/mol. The molecule has 0 spiro atoms. The summed E-state index contributed by atoms with van der Waals surface area (Å²) in [5.41, 5.74) is 2.42. The average molecular weight is 392 g/mol. The van der Waals surface area contributed by atoms with E-state index in [0.717, 1.165) is 70.5 Å². The highest BCUT2D eigenvalue weighted by molar-refractivity contribution is 5.79. The smallest absolute Gasteiger partial charge is 0.191 e. The molecule has 2 rings (SSSR count).